The largest absolute Gasteiger partial charge is 0.401 e. The van der Waals surface area contributed by atoms with Crippen LogP contribution in [0.5, 0.6) is 0 Å². The van der Waals surface area contributed by atoms with Crippen LogP contribution < -0.4 is 20.4 Å². The Balaban J connectivity index is 0.852. The number of alkyl halides is 3. The van der Waals surface area contributed by atoms with E-state index in [4.69, 9.17) is 4.52 Å². The zero-order valence-electron chi connectivity index (χ0n) is 31.8. The van der Waals surface area contributed by atoms with Crippen LogP contribution in [0.3, 0.4) is 0 Å². The van der Waals surface area contributed by atoms with Gasteiger partial charge in [0.1, 0.15) is 28.4 Å². The number of aromatic amines is 1. The van der Waals surface area contributed by atoms with E-state index in [9.17, 15) is 27.6 Å². The smallest absolute Gasteiger partial charge is 0.353 e. The summed E-state index contributed by atoms with van der Waals surface area (Å²) < 4.78 is 62.4. The summed E-state index contributed by atoms with van der Waals surface area (Å²) in [6, 6.07) is 5.87. The molecule has 2 fully saturated rings. The van der Waals surface area contributed by atoms with E-state index in [0.29, 0.717) is 60.7 Å². The molecule has 0 unspecified atom stereocenters. The van der Waals surface area contributed by atoms with Gasteiger partial charge >= 0.3 is 12.2 Å². The highest BCUT2D eigenvalue weighted by Gasteiger charge is 2.51. The van der Waals surface area contributed by atoms with Crippen molar-refractivity contribution in [2.45, 2.75) is 51.9 Å². The molecule has 22 heteroatoms. The molecule has 18 nitrogen and oxygen atoms in total. The van der Waals surface area contributed by atoms with Gasteiger partial charge < -0.3 is 14.7 Å². The Morgan fingerprint density at radius 3 is 2.51 bits per heavy atom. The van der Waals surface area contributed by atoms with E-state index in [1.165, 1.54) is 23.2 Å². The molecule has 59 heavy (non-hydrogen) atoms. The monoisotopic (exact) mass is 816 g/mol. The van der Waals surface area contributed by atoms with E-state index in [0.717, 1.165) is 25.2 Å². The van der Waals surface area contributed by atoms with Crippen molar-refractivity contribution in [3.8, 4) is 22.6 Å². The number of nitrogens with zero attached hydrogens (tertiary/aromatic N) is 11. The van der Waals surface area contributed by atoms with Crippen molar-refractivity contribution in [3.05, 3.63) is 83.5 Å². The number of benzene rings is 1. The second kappa shape index (κ2) is 15.2. The molecule has 2 aliphatic heterocycles. The van der Waals surface area contributed by atoms with Crippen molar-refractivity contribution in [1.82, 2.24) is 60.4 Å². The highest BCUT2D eigenvalue weighted by molar-refractivity contribution is 6.07. The number of H-pyrrole nitrogens is 1. The van der Waals surface area contributed by atoms with E-state index in [1.54, 1.807) is 29.9 Å². The Bertz CT molecular complexity index is 2580. The number of amides is 4. The number of hydrogen-bond acceptors (Lipinski definition) is 13. The number of anilines is 2. The molecular weight excluding hydrogens is 780 g/mol. The lowest BCUT2D eigenvalue weighted by Crippen LogP contribution is -2.49. The average molecular weight is 817 g/mol. The number of nitrogens with one attached hydrogen (secondary N) is 3. The predicted molar refractivity (Wildman–Crippen MR) is 200 cm³/mol. The maximum atomic E-state index is 15.6. The Hall–Kier alpha value is -6.84. The highest BCUT2D eigenvalue weighted by Crippen LogP contribution is 2.38. The number of urea groups is 1. The summed E-state index contributed by atoms with van der Waals surface area (Å²) in [5.41, 5.74) is 1.11. The lowest BCUT2D eigenvalue weighted by Gasteiger charge is -2.35. The topological polar surface area (TPSA) is 209 Å². The highest BCUT2D eigenvalue weighted by atomic mass is 19.4. The van der Waals surface area contributed by atoms with Gasteiger partial charge in [-0.25, -0.2) is 33.6 Å². The quantitative estimate of drug-likeness (QED) is 0.168. The zero-order chi connectivity index (χ0) is 41.6. The number of aromatic nitrogens is 9. The fourth-order valence-electron chi connectivity index (χ4n) is 6.67. The Morgan fingerprint density at radius 2 is 1.78 bits per heavy atom. The predicted octanol–water partition coefficient (Wildman–Crippen LogP) is 3.95. The van der Waals surface area contributed by atoms with E-state index >= 15 is 4.39 Å². The van der Waals surface area contributed by atoms with Crippen molar-refractivity contribution in [1.29, 1.82) is 0 Å². The van der Waals surface area contributed by atoms with Crippen LogP contribution in [0.4, 0.5) is 33.9 Å². The summed E-state index contributed by atoms with van der Waals surface area (Å²) in [7, 11) is 0. The summed E-state index contributed by atoms with van der Waals surface area (Å²) in [4.78, 5) is 59.7. The molecule has 0 radical (unpaired) electrons. The molecule has 3 N–H and O–H groups in total. The molecular formula is C37H36F4N14O4. The van der Waals surface area contributed by atoms with E-state index in [1.807, 2.05) is 12.3 Å². The third-order valence-corrected chi connectivity index (χ3v) is 10.3. The summed E-state index contributed by atoms with van der Waals surface area (Å²) in [5, 5.41) is 19.1. The van der Waals surface area contributed by atoms with Crippen LogP contribution in [0.1, 0.15) is 53.7 Å². The van der Waals surface area contributed by atoms with Gasteiger partial charge in [-0.15, -0.1) is 0 Å². The number of carbonyl (C=O) groups is 3. The Labute approximate surface area is 332 Å². The molecule has 8 rings (SSSR count). The number of halogens is 4. The number of hydrogen-bond donors (Lipinski definition) is 3. The molecule has 306 valence electrons. The SMILES string of the molecule is Cc1nc(-c2cc(C(=O)NCc3nc(C(C)(C)C(F)(F)F)n[nH]3)on2)ncc1-c1ccc(CN2CCN(c3cn4ncc(N5CCC(=O)NC5=O)c4cn3)CC2)cc1F. The minimum absolute atomic E-state index is 0.0160. The van der Waals surface area contributed by atoms with Crippen LogP contribution in [0.15, 0.2) is 53.6 Å². The molecule has 4 amide bonds. The molecule has 0 spiro atoms. The second-order valence-corrected chi connectivity index (χ2v) is 14.6. The summed E-state index contributed by atoms with van der Waals surface area (Å²) in [6.45, 7) is 6.94. The molecule has 1 aromatic carbocycles. The normalized spacial score (nSPS) is 15.6. The summed E-state index contributed by atoms with van der Waals surface area (Å²) >= 11 is 0. The number of aryl methyl sites for hydroxylation is 1. The number of fused-ring (bicyclic) bond motifs is 1. The Kier molecular flexibility index (Phi) is 10.0. The maximum Gasteiger partial charge on any atom is 0.401 e. The zero-order valence-corrected chi connectivity index (χ0v) is 31.8. The van der Waals surface area contributed by atoms with Gasteiger partial charge in [0, 0.05) is 74.8 Å². The lowest BCUT2D eigenvalue weighted by atomic mass is 9.92. The summed E-state index contributed by atoms with van der Waals surface area (Å²) in [5.74, 6) is -1.23. The molecule has 7 heterocycles. The van der Waals surface area contributed by atoms with Gasteiger partial charge in [-0.2, -0.15) is 23.4 Å². The van der Waals surface area contributed by atoms with E-state index in [-0.39, 0.29) is 48.5 Å². The van der Waals surface area contributed by atoms with E-state index < -0.39 is 35.2 Å². The molecule has 0 atom stereocenters. The average Bonchev–Trinajstić information content (AvgIpc) is 3.98. The first-order valence-corrected chi connectivity index (χ1v) is 18.4. The van der Waals surface area contributed by atoms with Gasteiger partial charge in [-0.3, -0.25) is 29.8 Å². The van der Waals surface area contributed by atoms with Gasteiger partial charge in [-0.1, -0.05) is 17.3 Å². The molecule has 0 saturated carbocycles. The fraction of sp³-hybridized carbons (Fsp3) is 0.351. The number of rotatable bonds is 10. The van der Waals surface area contributed by atoms with Crippen molar-refractivity contribution in [2.75, 3.05) is 42.5 Å². The Morgan fingerprint density at radius 1 is 0.983 bits per heavy atom. The maximum absolute atomic E-state index is 15.6. The third kappa shape index (κ3) is 7.77. The minimum Gasteiger partial charge on any atom is -0.353 e. The van der Waals surface area contributed by atoms with Crippen LogP contribution >= 0.6 is 0 Å². The van der Waals surface area contributed by atoms with Gasteiger partial charge in [0.2, 0.25) is 11.7 Å². The molecule has 6 aromatic rings. The number of piperazine rings is 1. The molecule has 2 saturated heterocycles. The first kappa shape index (κ1) is 39.0. The molecule has 2 aliphatic rings. The van der Waals surface area contributed by atoms with Crippen LogP contribution in [-0.2, 0) is 23.3 Å². The molecule has 0 aliphatic carbocycles. The molecule has 5 aromatic heterocycles. The first-order chi connectivity index (χ1) is 28.1. The van der Waals surface area contributed by atoms with Crippen LogP contribution in [-0.4, -0.2) is 107 Å². The summed E-state index contributed by atoms with van der Waals surface area (Å²) in [6.07, 6.45) is 2.16. The van der Waals surface area contributed by atoms with Crippen molar-refractivity contribution >= 4 is 34.9 Å². The number of imide groups is 1. The molecule has 0 bridgehead atoms. The lowest BCUT2D eigenvalue weighted by molar-refractivity contribution is -0.182. The van der Waals surface area contributed by atoms with Crippen molar-refractivity contribution in [2.24, 2.45) is 0 Å². The van der Waals surface area contributed by atoms with Crippen molar-refractivity contribution in [3.63, 3.8) is 0 Å². The van der Waals surface area contributed by atoms with Crippen LogP contribution in [0, 0.1) is 12.7 Å². The van der Waals surface area contributed by atoms with Crippen LogP contribution in [0.2, 0.25) is 0 Å². The first-order valence-electron chi connectivity index (χ1n) is 18.4. The fourth-order valence-corrected chi connectivity index (χ4v) is 6.67. The van der Waals surface area contributed by atoms with Crippen LogP contribution in [0.25, 0.3) is 28.2 Å². The minimum atomic E-state index is -4.57. The van der Waals surface area contributed by atoms with Gasteiger partial charge in [-0.05, 0) is 32.4 Å². The third-order valence-electron chi connectivity index (χ3n) is 10.3. The van der Waals surface area contributed by atoms with E-state index in [2.05, 4.69) is 60.8 Å². The van der Waals surface area contributed by atoms with Crippen molar-refractivity contribution < 1.29 is 36.5 Å². The van der Waals surface area contributed by atoms with Gasteiger partial charge in [0.05, 0.1) is 30.8 Å². The standard InChI is InChI=1S/C37H36F4N14O4/c1-20-23(14-43-32(46-20)25-13-28(59-51-25)33(57)44-17-29-47-34(50-49-29)36(2,3)37(39,40)41)22-5-4-21(12-24(22)38)18-52-8-10-53(11-9-52)30-19-55-27(15-42-30)26(16-45-55)54-7-6-31(56)48-35(54)58/h4-5,12-16,19H,6-11,17-18H2,1-3H3,(H,44,57)(H,47,49,50)(H,48,56,58). The number of carbonyl (C=O) groups excluding carboxylic acids is 3. The second-order valence-electron chi connectivity index (χ2n) is 14.6. The van der Waals surface area contributed by atoms with Gasteiger partial charge in [0.25, 0.3) is 5.91 Å². The van der Waals surface area contributed by atoms with Gasteiger partial charge in [0.15, 0.2) is 17.3 Å².